The smallest absolute Gasteiger partial charge is 0.352 e. The number of halogens is 2. The van der Waals surface area contributed by atoms with Crippen LogP contribution in [0.4, 0.5) is 10.8 Å². The SMILES string of the molecule is Cc1nnc(N=Nc2c(O)n(I)c(=O)n(I)c2=O)s1. The first kappa shape index (κ1) is 14.5. The van der Waals surface area contributed by atoms with Crippen molar-refractivity contribution in [3.63, 3.8) is 0 Å². The second kappa shape index (κ2) is 5.61. The Morgan fingerprint density at radius 3 is 2.47 bits per heavy atom. The molecular weight excluding hydrogens is 502 g/mol. The Balaban J connectivity index is 2.55. The van der Waals surface area contributed by atoms with Crippen molar-refractivity contribution in [1.29, 1.82) is 0 Å². The number of aryl methyl sites for hydroxylation is 1. The molecule has 2 aromatic rings. The summed E-state index contributed by atoms with van der Waals surface area (Å²) in [6, 6.07) is 0. The van der Waals surface area contributed by atoms with Gasteiger partial charge in [0.05, 0.1) is 45.7 Å². The van der Waals surface area contributed by atoms with E-state index in [4.69, 9.17) is 0 Å². The van der Waals surface area contributed by atoms with E-state index in [0.29, 0.717) is 5.01 Å². The molecule has 0 radical (unpaired) electrons. The topological polar surface area (TPSA) is 115 Å². The molecule has 0 aliphatic rings. The van der Waals surface area contributed by atoms with Gasteiger partial charge in [0.25, 0.3) is 10.7 Å². The molecule has 100 valence electrons. The average Bonchev–Trinajstić information content (AvgIpc) is 2.80. The van der Waals surface area contributed by atoms with Gasteiger partial charge in [-0.15, -0.1) is 20.4 Å². The summed E-state index contributed by atoms with van der Waals surface area (Å²) in [6.07, 6.45) is 0. The molecule has 0 saturated carbocycles. The molecule has 0 fully saturated rings. The Hall–Kier alpha value is -0.900. The number of aromatic nitrogens is 4. The normalized spacial score (nSPS) is 11.3. The van der Waals surface area contributed by atoms with E-state index in [1.807, 2.05) is 0 Å². The monoisotopic (exact) mass is 506 g/mol. The molecule has 0 amide bonds. The van der Waals surface area contributed by atoms with Gasteiger partial charge in [0, 0.05) is 0 Å². The number of hydrogen-bond donors (Lipinski definition) is 1. The molecule has 0 aliphatic heterocycles. The van der Waals surface area contributed by atoms with Crippen molar-refractivity contribution in [1.82, 2.24) is 15.8 Å². The first-order valence-corrected chi connectivity index (χ1v) is 7.31. The lowest BCUT2D eigenvalue weighted by Gasteiger charge is -2.02. The highest BCUT2D eigenvalue weighted by Crippen LogP contribution is 2.25. The number of nitrogens with zero attached hydrogens (tertiary/aromatic N) is 6. The van der Waals surface area contributed by atoms with Crippen LogP contribution in [0.3, 0.4) is 0 Å². The summed E-state index contributed by atoms with van der Waals surface area (Å²) in [5.74, 6) is -0.562. The fourth-order valence-corrected chi connectivity index (χ4v) is 2.85. The number of aromatic hydroxyl groups is 1. The van der Waals surface area contributed by atoms with E-state index in [2.05, 4.69) is 20.4 Å². The van der Waals surface area contributed by atoms with Gasteiger partial charge in [0.15, 0.2) is 0 Å². The summed E-state index contributed by atoms with van der Waals surface area (Å²) in [5.41, 5.74) is -1.76. The summed E-state index contributed by atoms with van der Waals surface area (Å²) in [6.45, 7) is 1.75. The fraction of sp³-hybridized carbons (Fsp3) is 0.143. The second-order valence-corrected chi connectivity index (χ2v) is 6.22. The Labute approximate surface area is 137 Å². The lowest BCUT2D eigenvalue weighted by atomic mass is 10.5. The van der Waals surface area contributed by atoms with Crippen molar-refractivity contribution in [2.75, 3.05) is 0 Å². The summed E-state index contributed by atoms with van der Waals surface area (Å²) < 4.78 is 1.66. The van der Waals surface area contributed by atoms with E-state index in [1.165, 1.54) is 34.2 Å². The maximum atomic E-state index is 11.8. The molecule has 0 aliphatic carbocycles. The zero-order valence-corrected chi connectivity index (χ0v) is 14.2. The molecule has 1 N–H and O–H groups in total. The lowest BCUT2D eigenvalue weighted by molar-refractivity contribution is 0.446. The van der Waals surface area contributed by atoms with E-state index in [-0.39, 0.29) is 10.8 Å². The van der Waals surface area contributed by atoms with Crippen LogP contribution >= 0.6 is 57.1 Å². The van der Waals surface area contributed by atoms with Gasteiger partial charge in [-0.2, -0.15) is 5.56 Å². The second-order valence-electron chi connectivity index (χ2n) is 3.13. The molecule has 0 spiro atoms. The quantitative estimate of drug-likeness (QED) is 0.492. The van der Waals surface area contributed by atoms with Crippen LogP contribution in [-0.2, 0) is 0 Å². The molecule has 0 bridgehead atoms. The number of hydrogen-bond acceptors (Lipinski definition) is 8. The summed E-state index contributed by atoms with van der Waals surface area (Å²) in [5, 5.41) is 25.4. The minimum absolute atomic E-state index is 0.252. The van der Waals surface area contributed by atoms with Gasteiger partial charge < -0.3 is 5.11 Å². The third kappa shape index (κ3) is 2.83. The van der Waals surface area contributed by atoms with Crippen molar-refractivity contribution in [3.8, 4) is 5.88 Å². The van der Waals surface area contributed by atoms with Gasteiger partial charge in [-0.1, -0.05) is 11.3 Å². The molecule has 0 aromatic carbocycles. The molecule has 0 atom stereocenters. The minimum atomic E-state index is -0.749. The predicted octanol–water partition coefficient (Wildman–Crippen LogP) is 1.69. The predicted molar refractivity (Wildman–Crippen MR) is 84.3 cm³/mol. The van der Waals surface area contributed by atoms with E-state index >= 15 is 0 Å². The van der Waals surface area contributed by atoms with Crippen LogP contribution in [0.15, 0.2) is 19.8 Å². The van der Waals surface area contributed by atoms with Crippen LogP contribution < -0.4 is 11.2 Å². The van der Waals surface area contributed by atoms with Crippen molar-refractivity contribution < 1.29 is 5.11 Å². The van der Waals surface area contributed by atoms with Gasteiger partial charge in [0.1, 0.15) is 5.01 Å². The van der Waals surface area contributed by atoms with Gasteiger partial charge in [-0.25, -0.2) is 4.79 Å². The zero-order valence-electron chi connectivity index (χ0n) is 9.11. The third-order valence-electron chi connectivity index (χ3n) is 1.87. The Morgan fingerprint density at radius 1 is 1.21 bits per heavy atom. The highest BCUT2D eigenvalue weighted by molar-refractivity contribution is 14.1. The van der Waals surface area contributed by atoms with Crippen LogP contribution in [0.1, 0.15) is 5.01 Å². The van der Waals surface area contributed by atoms with Crippen LogP contribution in [0.25, 0.3) is 0 Å². The first-order valence-electron chi connectivity index (χ1n) is 4.57. The van der Waals surface area contributed by atoms with Crippen molar-refractivity contribution in [2.45, 2.75) is 6.92 Å². The third-order valence-corrected chi connectivity index (χ3v) is 4.31. The number of azo groups is 1. The van der Waals surface area contributed by atoms with Gasteiger partial charge in [0.2, 0.25) is 11.6 Å². The van der Waals surface area contributed by atoms with Gasteiger partial charge in [-0.3, -0.25) is 4.79 Å². The van der Waals surface area contributed by atoms with E-state index in [1.54, 1.807) is 29.8 Å². The maximum Gasteiger partial charge on any atom is 0.352 e. The molecule has 0 unspecified atom stereocenters. The molecular formula is C7H4I2N6O3S. The molecule has 19 heavy (non-hydrogen) atoms. The highest BCUT2D eigenvalue weighted by atomic mass is 127. The van der Waals surface area contributed by atoms with E-state index in [0.717, 1.165) is 5.56 Å². The first-order chi connectivity index (χ1) is 8.91. The Kier molecular flexibility index (Phi) is 4.29. The molecule has 2 rings (SSSR count). The van der Waals surface area contributed by atoms with E-state index in [9.17, 15) is 14.7 Å². The summed E-state index contributed by atoms with van der Waals surface area (Å²) in [7, 11) is 0. The van der Waals surface area contributed by atoms with Crippen LogP contribution in [-0.4, -0.2) is 20.9 Å². The van der Waals surface area contributed by atoms with Crippen LogP contribution in [0.2, 0.25) is 0 Å². The van der Waals surface area contributed by atoms with Crippen LogP contribution in [0, 0.1) is 6.92 Å². The fourth-order valence-electron chi connectivity index (χ4n) is 1.04. The number of rotatable bonds is 2. The molecule has 9 nitrogen and oxygen atoms in total. The highest BCUT2D eigenvalue weighted by Gasteiger charge is 2.16. The van der Waals surface area contributed by atoms with Crippen molar-refractivity contribution in [2.24, 2.45) is 10.2 Å². The summed E-state index contributed by atoms with van der Waals surface area (Å²) >= 11 is 4.27. The Morgan fingerprint density at radius 2 is 1.89 bits per heavy atom. The van der Waals surface area contributed by atoms with Crippen LogP contribution in [0.5, 0.6) is 5.88 Å². The van der Waals surface area contributed by atoms with E-state index < -0.39 is 17.1 Å². The molecule has 12 heteroatoms. The lowest BCUT2D eigenvalue weighted by Crippen LogP contribution is -2.31. The zero-order chi connectivity index (χ0) is 14.2. The summed E-state index contributed by atoms with van der Waals surface area (Å²) in [4.78, 5) is 23.3. The maximum absolute atomic E-state index is 11.8. The van der Waals surface area contributed by atoms with Crippen molar-refractivity contribution in [3.05, 3.63) is 25.8 Å². The standard InChI is InChI=1S/C7H4I2N6O3S/c1-2-10-12-6(19-2)13-11-3-4(16)14(8)7(18)15(9)5(3)17/h16H,1H3. The molecule has 2 heterocycles. The minimum Gasteiger partial charge on any atom is -0.492 e. The van der Waals surface area contributed by atoms with Gasteiger partial charge in [-0.05, 0) is 6.92 Å². The van der Waals surface area contributed by atoms with Crippen molar-refractivity contribution >= 4 is 67.9 Å². The molecule has 0 saturated heterocycles. The Bertz CT molecular complexity index is 778. The van der Waals surface area contributed by atoms with Gasteiger partial charge >= 0.3 is 5.69 Å². The largest absolute Gasteiger partial charge is 0.492 e. The molecule has 2 aromatic heterocycles. The average molecular weight is 506 g/mol.